The molecule has 0 aromatic carbocycles. The minimum absolute atomic E-state index is 0. The number of phosphoric acid groups is 2. The van der Waals surface area contributed by atoms with Crippen LogP contribution in [0.1, 0.15) is 2.85 Å². The fourth-order valence-electron chi connectivity index (χ4n) is 0.139. The van der Waals surface area contributed by atoms with Crippen LogP contribution in [0.4, 0.5) is 0 Å². The summed E-state index contributed by atoms with van der Waals surface area (Å²) in [6.45, 7) is 0. The number of hydrogen-bond acceptors (Lipinski definition) is 3. The molecule has 0 rings (SSSR count). The molecule has 0 spiro atoms. The summed E-state index contributed by atoms with van der Waals surface area (Å²) in [6.07, 6.45) is 0. The van der Waals surface area contributed by atoms with Crippen molar-refractivity contribution in [1.29, 1.82) is 0 Å². The van der Waals surface area contributed by atoms with Crippen molar-refractivity contribution in [2.75, 3.05) is 0 Å². The average molecular weight is 189 g/mol. The Kier molecular flexibility index (Phi) is 4.85. The van der Waals surface area contributed by atoms with Crippen LogP contribution in [-0.4, -0.2) is 29.7 Å². The fourth-order valence-corrected chi connectivity index (χ4v) is 1.25. The van der Waals surface area contributed by atoms with Crippen LogP contribution in [-0.2, 0) is 13.4 Å². The molecular formula is H6BeO7P2. The van der Waals surface area contributed by atoms with Gasteiger partial charge in [0.05, 0.1) is 0 Å². The van der Waals surface area contributed by atoms with E-state index in [0.29, 0.717) is 0 Å². The molecule has 0 radical (unpaired) electrons. The Morgan fingerprint density at radius 1 is 1.00 bits per heavy atom. The minimum atomic E-state index is -5.05. The Morgan fingerprint density at radius 2 is 1.20 bits per heavy atom. The Morgan fingerprint density at radius 3 is 1.20 bits per heavy atom. The predicted molar refractivity (Wildman–Crippen MR) is 33.2 cm³/mol. The normalized spacial score (nSPS) is 12.4. The van der Waals surface area contributed by atoms with Crippen molar-refractivity contribution in [2.45, 2.75) is 0 Å². The molecule has 0 aliphatic carbocycles. The molecule has 0 amide bonds. The van der Waals surface area contributed by atoms with Crippen LogP contribution in [0.3, 0.4) is 0 Å². The first kappa shape index (κ1) is 13.1. The first-order chi connectivity index (χ1) is 3.71. The van der Waals surface area contributed by atoms with Crippen LogP contribution >= 0.6 is 15.6 Å². The Labute approximate surface area is 62.7 Å². The maximum Gasteiger partial charge on any atom is 2.00 e. The summed E-state index contributed by atoms with van der Waals surface area (Å²) in [5.74, 6) is 0. The van der Waals surface area contributed by atoms with Crippen LogP contribution in [0.2, 0.25) is 0 Å². The Balaban J connectivity index is -0.000000107. The van der Waals surface area contributed by atoms with E-state index >= 15 is 0 Å². The summed E-state index contributed by atoms with van der Waals surface area (Å²) in [5, 5.41) is 0. The van der Waals surface area contributed by atoms with Gasteiger partial charge in [-0.1, -0.05) is 0 Å². The summed E-state index contributed by atoms with van der Waals surface area (Å²) in [4.78, 5) is 31.0. The third-order valence-electron chi connectivity index (χ3n) is 0.213. The smallest absolute Gasteiger partial charge is 1.00 e. The van der Waals surface area contributed by atoms with Crippen LogP contribution in [0.5, 0.6) is 0 Å². The molecule has 10 heavy (non-hydrogen) atoms. The molecule has 0 aromatic heterocycles. The van der Waals surface area contributed by atoms with E-state index in [1.165, 1.54) is 0 Å². The van der Waals surface area contributed by atoms with Crippen molar-refractivity contribution in [2.24, 2.45) is 0 Å². The van der Waals surface area contributed by atoms with Gasteiger partial charge in [0.2, 0.25) is 0 Å². The molecule has 4 N–H and O–H groups in total. The van der Waals surface area contributed by atoms with E-state index in [4.69, 9.17) is 19.6 Å². The van der Waals surface area contributed by atoms with Crippen molar-refractivity contribution in [3.8, 4) is 0 Å². The summed E-state index contributed by atoms with van der Waals surface area (Å²) >= 11 is 0. The summed E-state index contributed by atoms with van der Waals surface area (Å²) in [7, 11) is -10.1. The van der Waals surface area contributed by atoms with Crippen LogP contribution < -0.4 is 0 Å². The van der Waals surface area contributed by atoms with Gasteiger partial charge in [0.25, 0.3) is 0 Å². The number of hydrogen-bond donors (Lipinski definition) is 4. The molecular weight excluding hydrogens is 183 g/mol. The van der Waals surface area contributed by atoms with Gasteiger partial charge >= 0.3 is 25.8 Å². The second-order valence-electron chi connectivity index (χ2n) is 1.06. The van der Waals surface area contributed by atoms with E-state index in [1.807, 2.05) is 0 Å². The zero-order chi connectivity index (χ0) is 7.71. The maximum atomic E-state index is 9.63. The van der Waals surface area contributed by atoms with Gasteiger partial charge in [-0.15, -0.1) is 0 Å². The monoisotopic (exact) mass is 189 g/mol. The molecule has 0 saturated heterocycles. The van der Waals surface area contributed by atoms with E-state index < -0.39 is 15.6 Å². The third-order valence-corrected chi connectivity index (χ3v) is 1.91. The van der Waals surface area contributed by atoms with Crippen LogP contribution in [0.25, 0.3) is 0 Å². The molecule has 0 atom stereocenters. The SMILES string of the molecule is O=P(O)(O)OP(=O)(O)O.[Be+2].[H-].[H-]. The van der Waals surface area contributed by atoms with Crippen molar-refractivity contribution in [1.82, 2.24) is 0 Å². The van der Waals surface area contributed by atoms with Gasteiger partial charge in [0.1, 0.15) is 0 Å². The summed E-state index contributed by atoms with van der Waals surface area (Å²) < 4.78 is 22.2. The topological polar surface area (TPSA) is 124 Å². The molecule has 7 nitrogen and oxygen atoms in total. The fraction of sp³-hybridized carbons (Fsp3) is 0. The zero-order valence-corrected chi connectivity index (χ0v) is 6.40. The number of rotatable bonds is 2. The zero-order valence-electron chi connectivity index (χ0n) is 6.62. The average Bonchev–Trinajstić information content (AvgIpc) is 1.14. The quantitative estimate of drug-likeness (QED) is 0.325. The van der Waals surface area contributed by atoms with Gasteiger partial charge in [0.15, 0.2) is 0 Å². The second-order valence-corrected chi connectivity index (χ2v) is 3.68. The standard InChI is InChI=1S/Be.H4O7P2.2H/c;1-8(2,3)7-9(4,5)6;;/h;(H2,1,2,3)(H2,4,5,6);;/q+2;;2*-1. The van der Waals surface area contributed by atoms with Crippen molar-refractivity contribution >= 4 is 25.8 Å². The predicted octanol–water partition coefficient (Wildman–Crippen LogP) is -0.967. The third kappa shape index (κ3) is 11.3. The molecule has 10 heteroatoms. The van der Waals surface area contributed by atoms with Crippen LogP contribution in [0, 0.1) is 0 Å². The van der Waals surface area contributed by atoms with Gasteiger partial charge in [0, 0.05) is 0 Å². The molecule has 0 unspecified atom stereocenters. The molecule has 0 saturated carbocycles. The minimum Gasteiger partial charge on any atom is -1.00 e. The Hall–Kier alpha value is 0.429. The van der Waals surface area contributed by atoms with Gasteiger partial charge < -0.3 is 22.4 Å². The molecule has 0 heterocycles. The largest absolute Gasteiger partial charge is 2.00 e. The summed E-state index contributed by atoms with van der Waals surface area (Å²) in [6, 6.07) is 0. The summed E-state index contributed by atoms with van der Waals surface area (Å²) in [5.41, 5.74) is 0. The van der Waals surface area contributed by atoms with Gasteiger partial charge in [-0.3, -0.25) is 0 Å². The van der Waals surface area contributed by atoms with Crippen molar-refractivity contribution in [3.05, 3.63) is 0 Å². The van der Waals surface area contributed by atoms with Crippen molar-refractivity contribution in [3.63, 3.8) is 0 Å². The van der Waals surface area contributed by atoms with Gasteiger partial charge in [-0.05, 0) is 0 Å². The molecule has 0 aliphatic heterocycles. The van der Waals surface area contributed by atoms with Crippen molar-refractivity contribution < 1.29 is 35.9 Å². The van der Waals surface area contributed by atoms with E-state index in [1.54, 1.807) is 0 Å². The van der Waals surface area contributed by atoms with E-state index in [9.17, 15) is 9.13 Å². The Bertz CT molecular complexity index is 160. The molecule has 0 fully saturated rings. The van der Waals surface area contributed by atoms with E-state index in [2.05, 4.69) is 4.31 Å². The van der Waals surface area contributed by atoms with Gasteiger partial charge in [-0.2, -0.15) is 4.31 Å². The van der Waals surface area contributed by atoms with Crippen LogP contribution in [0.15, 0.2) is 0 Å². The molecule has 60 valence electrons. The first-order valence-corrected chi connectivity index (χ1v) is 4.59. The molecule has 0 bridgehead atoms. The van der Waals surface area contributed by atoms with E-state index in [0.717, 1.165) is 0 Å². The maximum absolute atomic E-state index is 9.63. The molecule has 0 aliphatic rings. The second kappa shape index (κ2) is 3.71. The molecule has 0 aromatic rings. The van der Waals surface area contributed by atoms with E-state index in [-0.39, 0.29) is 13.0 Å². The first-order valence-electron chi connectivity index (χ1n) is 1.53. The van der Waals surface area contributed by atoms with Gasteiger partial charge in [-0.25, -0.2) is 9.13 Å².